The number of nitrogens with one attached hydrogen (secondary N) is 1. The van der Waals surface area contributed by atoms with Crippen LogP contribution in [0.2, 0.25) is 0 Å². The van der Waals surface area contributed by atoms with E-state index in [0.29, 0.717) is 6.04 Å². The minimum atomic E-state index is 0.477. The number of aryl methyl sites for hydroxylation is 1. The molecule has 0 aromatic carbocycles. The van der Waals surface area contributed by atoms with E-state index in [4.69, 9.17) is 4.74 Å². The van der Waals surface area contributed by atoms with Gasteiger partial charge in [-0.15, -0.1) is 0 Å². The van der Waals surface area contributed by atoms with Gasteiger partial charge in [-0.25, -0.2) is 4.98 Å². The normalized spacial score (nSPS) is 19.0. The third-order valence-electron chi connectivity index (χ3n) is 3.39. The van der Waals surface area contributed by atoms with Gasteiger partial charge in [-0.05, 0) is 13.8 Å². The Hall–Kier alpha value is -0.910. The first-order valence-corrected chi connectivity index (χ1v) is 6.83. The van der Waals surface area contributed by atoms with E-state index in [1.807, 2.05) is 12.4 Å². The molecule has 0 bridgehead atoms. The minimum absolute atomic E-state index is 0.477. The van der Waals surface area contributed by atoms with E-state index in [-0.39, 0.29) is 0 Å². The summed E-state index contributed by atoms with van der Waals surface area (Å²) in [5.41, 5.74) is 0. The molecular formula is C13H24N4O. The number of hydrogen-bond donors (Lipinski definition) is 1. The molecule has 0 amide bonds. The van der Waals surface area contributed by atoms with Crippen LogP contribution in [0.1, 0.15) is 19.7 Å². The van der Waals surface area contributed by atoms with Crippen molar-refractivity contribution in [3.8, 4) is 0 Å². The maximum atomic E-state index is 5.36. The topological polar surface area (TPSA) is 42.3 Å². The monoisotopic (exact) mass is 252 g/mol. The zero-order valence-corrected chi connectivity index (χ0v) is 11.4. The SMILES string of the molecule is CCn1ccnc1CNC(C)CN1CCOCC1. The van der Waals surface area contributed by atoms with Gasteiger partial charge in [0.1, 0.15) is 5.82 Å². The first-order valence-electron chi connectivity index (χ1n) is 6.83. The largest absolute Gasteiger partial charge is 0.379 e. The molecule has 2 rings (SSSR count). The van der Waals surface area contributed by atoms with Gasteiger partial charge in [0, 0.05) is 44.6 Å². The molecule has 0 radical (unpaired) electrons. The molecule has 1 saturated heterocycles. The van der Waals surface area contributed by atoms with Gasteiger partial charge in [0.05, 0.1) is 19.8 Å². The van der Waals surface area contributed by atoms with Crippen molar-refractivity contribution in [2.75, 3.05) is 32.8 Å². The summed E-state index contributed by atoms with van der Waals surface area (Å²) in [5, 5.41) is 3.54. The molecule has 5 nitrogen and oxygen atoms in total. The molecule has 1 aliphatic rings. The van der Waals surface area contributed by atoms with Crippen LogP contribution in [0.25, 0.3) is 0 Å². The second-order valence-corrected chi connectivity index (χ2v) is 4.82. The Morgan fingerprint density at radius 2 is 2.22 bits per heavy atom. The smallest absolute Gasteiger partial charge is 0.122 e. The first kappa shape index (κ1) is 13.5. The quantitative estimate of drug-likeness (QED) is 0.810. The van der Waals surface area contributed by atoms with Gasteiger partial charge in [0.15, 0.2) is 0 Å². The third kappa shape index (κ3) is 3.80. The number of nitrogens with zero attached hydrogens (tertiary/aromatic N) is 3. The number of aromatic nitrogens is 2. The van der Waals surface area contributed by atoms with E-state index in [0.717, 1.165) is 51.8 Å². The molecule has 1 aromatic rings. The van der Waals surface area contributed by atoms with Crippen LogP contribution in [0.5, 0.6) is 0 Å². The summed E-state index contributed by atoms with van der Waals surface area (Å²) in [7, 11) is 0. The number of imidazole rings is 1. The number of hydrogen-bond acceptors (Lipinski definition) is 4. The van der Waals surface area contributed by atoms with Gasteiger partial charge in [0.2, 0.25) is 0 Å². The van der Waals surface area contributed by atoms with Gasteiger partial charge < -0.3 is 14.6 Å². The van der Waals surface area contributed by atoms with Crippen LogP contribution in [-0.2, 0) is 17.8 Å². The van der Waals surface area contributed by atoms with E-state index < -0.39 is 0 Å². The summed E-state index contributed by atoms with van der Waals surface area (Å²) in [4.78, 5) is 6.82. The maximum absolute atomic E-state index is 5.36. The lowest BCUT2D eigenvalue weighted by Gasteiger charge is -2.29. The molecule has 1 N–H and O–H groups in total. The van der Waals surface area contributed by atoms with Crippen molar-refractivity contribution in [3.05, 3.63) is 18.2 Å². The van der Waals surface area contributed by atoms with Crippen molar-refractivity contribution < 1.29 is 4.74 Å². The predicted molar refractivity (Wildman–Crippen MR) is 71.5 cm³/mol. The summed E-state index contributed by atoms with van der Waals surface area (Å²) in [6, 6.07) is 0.477. The second-order valence-electron chi connectivity index (χ2n) is 4.82. The van der Waals surface area contributed by atoms with Gasteiger partial charge in [-0.3, -0.25) is 4.90 Å². The molecule has 1 aliphatic heterocycles. The van der Waals surface area contributed by atoms with E-state index in [1.54, 1.807) is 0 Å². The molecule has 1 atom stereocenters. The Bertz CT molecular complexity index is 347. The van der Waals surface area contributed by atoms with Gasteiger partial charge in [0.25, 0.3) is 0 Å². The highest BCUT2D eigenvalue weighted by molar-refractivity contribution is 4.92. The Kier molecular flexibility index (Phi) is 5.16. The summed E-state index contributed by atoms with van der Waals surface area (Å²) in [5.74, 6) is 1.12. The van der Waals surface area contributed by atoms with Gasteiger partial charge in [-0.1, -0.05) is 0 Å². The van der Waals surface area contributed by atoms with Crippen molar-refractivity contribution in [1.29, 1.82) is 0 Å². The number of rotatable bonds is 6. The maximum Gasteiger partial charge on any atom is 0.122 e. The number of morpholine rings is 1. The minimum Gasteiger partial charge on any atom is -0.379 e. The van der Waals surface area contributed by atoms with Crippen LogP contribution < -0.4 is 5.32 Å². The lowest BCUT2D eigenvalue weighted by Crippen LogP contribution is -2.44. The molecular weight excluding hydrogens is 228 g/mol. The molecule has 5 heteroatoms. The van der Waals surface area contributed by atoms with Gasteiger partial charge >= 0.3 is 0 Å². The standard InChI is InChI=1S/C13H24N4O/c1-3-17-5-4-14-13(17)10-15-12(2)11-16-6-8-18-9-7-16/h4-5,12,15H,3,6-11H2,1-2H3. The molecule has 0 saturated carbocycles. The summed E-state index contributed by atoms with van der Waals surface area (Å²) >= 11 is 0. The van der Waals surface area contributed by atoms with Crippen LogP contribution in [0.15, 0.2) is 12.4 Å². The zero-order chi connectivity index (χ0) is 12.8. The van der Waals surface area contributed by atoms with Gasteiger partial charge in [-0.2, -0.15) is 0 Å². The van der Waals surface area contributed by atoms with Crippen LogP contribution in [0.3, 0.4) is 0 Å². The predicted octanol–water partition coefficient (Wildman–Crippen LogP) is 0.713. The molecule has 0 aliphatic carbocycles. The van der Waals surface area contributed by atoms with Crippen LogP contribution >= 0.6 is 0 Å². The summed E-state index contributed by atoms with van der Waals surface area (Å²) in [6.07, 6.45) is 3.90. The second kappa shape index (κ2) is 6.87. The fourth-order valence-electron chi connectivity index (χ4n) is 2.30. The van der Waals surface area contributed by atoms with Crippen molar-refractivity contribution in [2.45, 2.75) is 33.0 Å². The molecule has 1 unspecified atom stereocenters. The van der Waals surface area contributed by atoms with Crippen LogP contribution in [0, 0.1) is 0 Å². The third-order valence-corrected chi connectivity index (χ3v) is 3.39. The summed E-state index contributed by atoms with van der Waals surface area (Å²) < 4.78 is 7.53. The fourth-order valence-corrected chi connectivity index (χ4v) is 2.30. The summed E-state index contributed by atoms with van der Waals surface area (Å²) in [6.45, 7) is 11.1. The Morgan fingerprint density at radius 1 is 1.44 bits per heavy atom. The molecule has 1 fully saturated rings. The molecule has 18 heavy (non-hydrogen) atoms. The van der Waals surface area contributed by atoms with Crippen molar-refractivity contribution in [3.63, 3.8) is 0 Å². The molecule has 1 aromatic heterocycles. The highest BCUT2D eigenvalue weighted by Crippen LogP contribution is 2.01. The lowest BCUT2D eigenvalue weighted by molar-refractivity contribution is 0.0343. The van der Waals surface area contributed by atoms with Crippen molar-refractivity contribution in [2.24, 2.45) is 0 Å². The zero-order valence-electron chi connectivity index (χ0n) is 11.4. The number of ether oxygens (including phenoxy) is 1. The lowest BCUT2D eigenvalue weighted by atomic mass is 10.3. The van der Waals surface area contributed by atoms with E-state index in [2.05, 4.69) is 33.6 Å². The van der Waals surface area contributed by atoms with Crippen molar-refractivity contribution >= 4 is 0 Å². The van der Waals surface area contributed by atoms with Crippen LogP contribution in [0.4, 0.5) is 0 Å². The van der Waals surface area contributed by atoms with E-state index in [9.17, 15) is 0 Å². The van der Waals surface area contributed by atoms with E-state index >= 15 is 0 Å². The highest BCUT2D eigenvalue weighted by atomic mass is 16.5. The molecule has 102 valence electrons. The molecule has 2 heterocycles. The average molecular weight is 252 g/mol. The highest BCUT2D eigenvalue weighted by Gasteiger charge is 2.13. The molecule has 0 spiro atoms. The average Bonchev–Trinajstić information content (AvgIpc) is 2.85. The first-order chi connectivity index (χ1) is 8.79. The fraction of sp³-hybridized carbons (Fsp3) is 0.769. The van der Waals surface area contributed by atoms with Crippen LogP contribution in [-0.4, -0.2) is 53.3 Å². The Morgan fingerprint density at radius 3 is 2.94 bits per heavy atom. The Balaban J connectivity index is 1.72. The van der Waals surface area contributed by atoms with Crippen molar-refractivity contribution in [1.82, 2.24) is 19.8 Å². The Labute approximate surface area is 109 Å². The van der Waals surface area contributed by atoms with E-state index in [1.165, 1.54) is 0 Å².